The summed E-state index contributed by atoms with van der Waals surface area (Å²) in [5.41, 5.74) is -0.0185. The summed E-state index contributed by atoms with van der Waals surface area (Å²) in [5.74, 6) is 0. The third kappa shape index (κ3) is 2.85. The standard InChI is InChI=1S/C4H3N2O2/c1-4(2-5)3-6(7)8/h1H3/q-1. The molecule has 0 amide bonds. The van der Waals surface area contributed by atoms with Gasteiger partial charge in [0.2, 0.25) is 0 Å². The second-order valence-corrected chi connectivity index (χ2v) is 1.11. The van der Waals surface area contributed by atoms with Gasteiger partial charge in [-0.05, 0) is 4.92 Å². The first-order chi connectivity index (χ1) is 3.66. The molecule has 0 aliphatic carbocycles. The van der Waals surface area contributed by atoms with Crippen LogP contribution in [0, 0.1) is 27.6 Å². The minimum atomic E-state index is -0.779. The van der Waals surface area contributed by atoms with Gasteiger partial charge in [0, 0.05) is 0 Å². The van der Waals surface area contributed by atoms with E-state index < -0.39 is 4.92 Å². The number of allylic oxidation sites excluding steroid dienone is 1. The zero-order chi connectivity index (χ0) is 6.57. The van der Waals surface area contributed by atoms with Gasteiger partial charge in [0.05, 0.1) is 0 Å². The van der Waals surface area contributed by atoms with E-state index in [0.717, 1.165) is 0 Å². The van der Waals surface area contributed by atoms with E-state index in [1.165, 1.54) is 6.92 Å². The van der Waals surface area contributed by atoms with Crippen molar-refractivity contribution in [2.24, 2.45) is 0 Å². The SMILES string of the molecule is CC(C#N)=[C-][N+](=O)[O-]. The quantitative estimate of drug-likeness (QED) is 0.162. The maximum atomic E-state index is 9.49. The summed E-state index contributed by atoms with van der Waals surface area (Å²) in [4.78, 5) is 8.71. The monoisotopic (exact) mass is 111 g/mol. The third-order valence-corrected chi connectivity index (χ3v) is 0.427. The molecule has 0 atom stereocenters. The minimum absolute atomic E-state index is 0.0185. The number of hydrogen-bond acceptors (Lipinski definition) is 3. The predicted molar refractivity (Wildman–Crippen MR) is 25.0 cm³/mol. The zero-order valence-electron chi connectivity index (χ0n) is 4.21. The van der Waals surface area contributed by atoms with E-state index >= 15 is 0 Å². The van der Waals surface area contributed by atoms with Gasteiger partial charge in [-0.25, -0.2) is 0 Å². The fourth-order valence-electron chi connectivity index (χ4n) is 0.162. The van der Waals surface area contributed by atoms with E-state index in [4.69, 9.17) is 5.26 Å². The molecule has 0 aliphatic rings. The minimum Gasteiger partial charge on any atom is -0.329 e. The number of nitro groups is 1. The van der Waals surface area contributed by atoms with Gasteiger partial charge in [-0.3, -0.25) is 10.1 Å². The molecule has 0 saturated carbocycles. The highest BCUT2D eigenvalue weighted by atomic mass is 16.6. The van der Waals surface area contributed by atoms with Crippen LogP contribution in [0.25, 0.3) is 0 Å². The normalized spacial score (nSPS) is 10.2. The molecule has 0 fully saturated rings. The van der Waals surface area contributed by atoms with Crippen LogP contribution in [0.3, 0.4) is 0 Å². The molecule has 0 spiro atoms. The van der Waals surface area contributed by atoms with Gasteiger partial charge in [-0.1, -0.05) is 12.5 Å². The number of nitriles is 1. The van der Waals surface area contributed by atoms with E-state index in [1.54, 1.807) is 12.3 Å². The lowest BCUT2D eigenvalue weighted by molar-refractivity contribution is -0.420. The molecule has 0 heterocycles. The van der Waals surface area contributed by atoms with Gasteiger partial charge in [0.25, 0.3) is 0 Å². The first-order valence-electron chi connectivity index (χ1n) is 1.81. The van der Waals surface area contributed by atoms with E-state index in [-0.39, 0.29) is 5.57 Å². The van der Waals surface area contributed by atoms with Crippen LogP contribution in [-0.4, -0.2) is 4.92 Å². The highest BCUT2D eigenvalue weighted by molar-refractivity contribution is 5.11. The number of nitrogens with zero attached hydrogens (tertiary/aromatic N) is 2. The molecule has 0 saturated heterocycles. The van der Waals surface area contributed by atoms with E-state index in [1.807, 2.05) is 0 Å². The molecule has 0 radical (unpaired) electrons. The van der Waals surface area contributed by atoms with Crippen LogP contribution in [0.4, 0.5) is 0 Å². The van der Waals surface area contributed by atoms with Crippen molar-refractivity contribution in [2.75, 3.05) is 0 Å². The maximum absolute atomic E-state index is 9.49. The Balaban J connectivity index is 4.01. The highest BCUT2D eigenvalue weighted by Crippen LogP contribution is 1.84. The Labute approximate surface area is 46.2 Å². The average Bonchev–Trinajstić information content (AvgIpc) is 1.65. The lowest BCUT2D eigenvalue weighted by Crippen LogP contribution is -1.85. The topological polar surface area (TPSA) is 66.9 Å². The highest BCUT2D eigenvalue weighted by Gasteiger charge is 1.76. The van der Waals surface area contributed by atoms with E-state index in [2.05, 4.69) is 0 Å². The van der Waals surface area contributed by atoms with Crippen LogP contribution >= 0.6 is 0 Å². The molecular weight excluding hydrogens is 108 g/mol. The van der Waals surface area contributed by atoms with Crippen LogP contribution in [0.1, 0.15) is 6.92 Å². The lowest BCUT2D eigenvalue weighted by Gasteiger charge is -1.87. The molecule has 8 heavy (non-hydrogen) atoms. The van der Waals surface area contributed by atoms with Crippen molar-refractivity contribution in [3.63, 3.8) is 0 Å². The molecular formula is C4H3N2O2-. The molecule has 4 heteroatoms. The van der Waals surface area contributed by atoms with Crippen molar-refractivity contribution in [3.05, 3.63) is 21.9 Å². The molecule has 42 valence electrons. The summed E-state index contributed by atoms with van der Waals surface area (Å²) >= 11 is 0. The predicted octanol–water partition coefficient (Wildman–Crippen LogP) is 0.494. The number of rotatable bonds is 1. The Kier molecular flexibility index (Phi) is 2.28. The second kappa shape index (κ2) is 2.75. The summed E-state index contributed by atoms with van der Waals surface area (Å²) in [6, 6.07) is 1.56. The van der Waals surface area contributed by atoms with Crippen molar-refractivity contribution >= 4 is 0 Å². The van der Waals surface area contributed by atoms with Crippen LogP contribution < -0.4 is 0 Å². The molecule has 4 nitrogen and oxygen atoms in total. The fourth-order valence-corrected chi connectivity index (χ4v) is 0.162. The van der Waals surface area contributed by atoms with Crippen LogP contribution in [0.2, 0.25) is 0 Å². The van der Waals surface area contributed by atoms with Crippen molar-refractivity contribution in [1.29, 1.82) is 5.26 Å². The Morgan fingerprint density at radius 1 is 2.00 bits per heavy atom. The van der Waals surface area contributed by atoms with Crippen molar-refractivity contribution in [1.82, 2.24) is 0 Å². The molecule has 0 bridgehead atoms. The van der Waals surface area contributed by atoms with Gasteiger partial charge in [-0.15, -0.1) is 6.07 Å². The Bertz CT molecular complexity index is 165. The number of hydrogen-bond donors (Lipinski definition) is 0. The Morgan fingerprint density at radius 2 is 2.50 bits per heavy atom. The summed E-state index contributed by atoms with van der Waals surface area (Å²) in [5, 5.41) is 17.4. The zero-order valence-corrected chi connectivity index (χ0v) is 4.21. The van der Waals surface area contributed by atoms with Crippen molar-refractivity contribution in [3.8, 4) is 6.07 Å². The van der Waals surface area contributed by atoms with Crippen LogP contribution in [-0.2, 0) is 0 Å². The van der Waals surface area contributed by atoms with Crippen LogP contribution in [0.15, 0.2) is 5.57 Å². The molecule has 0 aromatic rings. The van der Waals surface area contributed by atoms with Gasteiger partial charge in [-0.2, -0.15) is 0 Å². The van der Waals surface area contributed by atoms with E-state index in [0.29, 0.717) is 0 Å². The van der Waals surface area contributed by atoms with E-state index in [9.17, 15) is 10.1 Å². The van der Waals surface area contributed by atoms with Crippen molar-refractivity contribution in [2.45, 2.75) is 6.92 Å². The first kappa shape index (κ1) is 6.63. The second-order valence-electron chi connectivity index (χ2n) is 1.11. The largest absolute Gasteiger partial charge is 0.329 e. The molecule has 0 rings (SSSR count). The summed E-state index contributed by atoms with van der Waals surface area (Å²) in [7, 11) is 0. The van der Waals surface area contributed by atoms with Gasteiger partial charge in [0.15, 0.2) is 0 Å². The lowest BCUT2D eigenvalue weighted by atomic mass is 10.4. The molecule has 0 aromatic heterocycles. The van der Waals surface area contributed by atoms with Gasteiger partial charge < -0.3 is 5.26 Å². The van der Waals surface area contributed by atoms with Gasteiger partial charge in [0.1, 0.15) is 6.20 Å². The summed E-state index contributed by atoms with van der Waals surface area (Å²) in [6.45, 7) is 1.32. The molecule has 0 unspecified atom stereocenters. The first-order valence-corrected chi connectivity index (χ1v) is 1.81. The molecule has 0 aromatic carbocycles. The van der Waals surface area contributed by atoms with Gasteiger partial charge >= 0.3 is 0 Å². The molecule has 0 aliphatic heterocycles. The Hall–Kier alpha value is -1.37. The smallest absolute Gasteiger partial charge is 0.132 e. The van der Waals surface area contributed by atoms with Crippen molar-refractivity contribution < 1.29 is 4.92 Å². The summed E-state index contributed by atoms with van der Waals surface area (Å²) < 4.78 is 0. The van der Waals surface area contributed by atoms with Crippen LogP contribution in [0.5, 0.6) is 0 Å². The fraction of sp³-hybridized carbons (Fsp3) is 0.250. The molecule has 0 N–H and O–H groups in total. The maximum Gasteiger partial charge on any atom is 0.132 e. The average molecular weight is 111 g/mol. The Morgan fingerprint density at radius 3 is 2.62 bits per heavy atom. The summed E-state index contributed by atoms with van der Waals surface area (Å²) in [6.07, 6.45) is 1.67. The third-order valence-electron chi connectivity index (χ3n) is 0.427.